The Morgan fingerprint density at radius 2 is 1.88 bits per heavy atom. The molecule has 0 spiro atoms. The van der Waals surface area contributed by atoms with Crippen LogP contribution in [0.2, 0.25) is 0 Å². The molecule has 0 radical (unpaired) electrons. The van der Waals surface area contributed by atoms with Crippen molar-refractivity contribution in [2.24, 2.45) is 0 Å². The van der Waals surface area contributed by atoms with Crippen LogP contribution in [0, 0.1) is 0 Å². The number of alkyl halides is 3. The molecule has 96 valence electrons. The van der Waals surface area contributed by atoms with Crippen LogP contribution < -0.4 is 0 Å². The molecule has 0 unspecified atom stereocenters. The standard InChI is InChI=1S/C11H15F3N2O/c1-4-8-10(7(3)17)9(5-2)16(15-8)6-11(12,13)14/h4-6H2,1-3H3. The average Bonchev–Trinajstić information content (AvgIpc) is 2.52. The first-order chi connectivity index (χ1) is 7.80. The van der Waals surface area contributed by atoms with E-state index in [9.17, 15) is 18.0 Å². The third-order valence-electron chi connectivity index (χ3n) is 2.48. The van der Waals surface area contributed by atoms with Crippen molar-refractivity contribution in [3.63, 3.8) is 0 Å². The predicted octanol–water partition coefficient (Wildman–Crippen LogP) is 2.77. The normalized spacial score (nSPS) is 11.9. The Labute approximate surface area is 97.6 Å². The van der Waals surface area contributed by atoms with Crippen LogP contribution in [0.15, 0.2) is 0 Å². The second-order valence-electron chi connectivity index (χ2n) is 3.80. The summed E-state index contributed by atoms with van der Waals surface area (Å²) in [5, 5.41) is 3.88. The number of aryl methyl sites for hydroxylation is 1. The van der Waals surface area contributed by atoms with Gasteiger partial charge < -0.3 is 0 Å². The van der Waals surface area contributed by atoms with Crippen LogP contribution in [0.25, 0.3) is 0 Å². The molecular weight excluding hydrogens is 233 g/mol. The van der Waals surface area contributed by atoms with Gasteiger partial charge in [-0.2, -0.15) is 18.3 Å². The number of nitrogens with zero attached hydrogens (tertiary/aromatic N) is 2. The van der Waals surface area contributed by atoms with E-state index < -0.39 is 12.7 Å². The molecule has 0 aliphatic heterocycles. The Kier molecular flexibility index (Phi) is 3.95. The average molecular weight is 248 g/mol. The summed E-state index contributed by atoms with van der Waals surface area (Å²) in [5.41, 5.74) is 1.16. The summed E-state index contributed by atoms with van der Waals surface area (Å²) in [6.45, 7) is 3.70. The smallest absolute Gasteiger partial charge is 0.294 e. The largest absolute Gasteiger partial charge is 0.408 e. The Morgan fingerprint density at radius 3 is 2.24 bits per heavy atom. The van der Waals surface area contributed by atoms with Gasteiger partial charge in [0.15, 0.2) is 5.78 Å². The first kappa shape index (κ1) is 13.7. The van der Waals surface area contributed by atoms with Crippen molar-refractivity contribution in [2.45, 2.75) is 46.3 Å². The Hall–Kier alpha value is -1.33. The SMILES string of the molecule is CCc1nn(CC(F)(F)F)c(CC)c1C(C)=O. The highest BCUT2D eigenvalue weighted by Gasteiger charge is 2.31. The zero-order valence-corrected chi connectivity index (χ0v) is 10.1. The maximum atomic E-state index is 12.4. The molecule has 1 heterocycles. The minimum absolute atomic E-state index is 0.230. The molecule has 0 fully saturated rings. The van der Waals surface area contributed by atoms with E-state index in [1.165, 1.54) is 6.92 Å². The predicted molar refractivity (Wildman–Crippen MR) is 57.0 cm³/mol. The van der Waals surface area contributed by atoms with E-state index in [1.807, 2.05) is 0 Å². The number of rotatable bonds is 4. The van der Waals surface area contributed by atoms with E-state index in [-0.39, 0.29) is 5.78 Å². The van der Waals surface area contributed by atoms with Crippen molar-refractivity contribution in [1.82, 2.24) is 9.78 Å². The van der Waals surface area contributed by atoms with Crippen molar-refractivity contribution >= 4 is 5.78 Å². The van der Waals surface area contributed by atoms with Gasteiger partial charge in [-0.05, 0) is 19.8 Å². The summed E-state index contributed by atoms with van der Waals surface area (Å²) in [6, 6.07) is 0. The van der Waals surface area contributed by atoms with E-state index in [1.54, 1.807) is 13.8 Å². The van der Waals surface area contributed by atoms with Crippen molar-refractivity contribution in [3.8, 4) is 0 Å². The molecule has 0 aromatic carbocycles. The highest BCUT2D eigenvalue weighted by atomic mass is 19.4. The molecule has 1 rings (SSSR count). The molecule has 0 N–H and O–H groups in total. The number of halogens is 3. The van der Waals surface area contributed by atoms with Crippen LogP contribution in [0.3, 0.4) is 0 Å². The van der Waals surface area contributed by atoms with E-state index in [2.05, 4.69) is 5.10 Å². The zero-order valence-electron chi connectivity index (χ0n) is 10.1. The van der Waals surface area contributed by atoms with Gasteiger partial charge in [-0.1, -0.05) is 13.8 Å². The molecule has 0 amide bonds. The number of aromatic nitrogens is 2. The minimum atomic E-state index is -4.32. The number of Topliss-reactive ketones (excluding diaryl/α,β-unsaturated/α-hetero) is 1. The lowest BCUT2D eigenvalue weighted by Crippen LogP contribution is -2.20. The number of hydrogen-bond acceptors (Lipinski definition) is 2. The second-order valence-corrected chi connectivity index (χ2v) is 3.80. The molecule has 1 aromatic heterocycles. The van der Waals surface area contributed by atoms with Crippen molar-refractivity contribution < 1.29 is 18.0 Å². The molecule has 0 aliphatic rings. The van der Waals surface area contributed by atoms with Crippen molar-refractivity contribution in [3.05, 3.63) is 17.0 Å². The Bertz CT molecular complexity index is 421. The fourth-order valence-corrected chi connectivity index (χ4v) is 1.87. The fourth-order valence-electron chi connectivity index (χ4n) is 1.87. The first-order valence-corrected chi connectivity index (χ1v) is 5.46. The van der Waals surface area contributed by atoms with Crippen LogP contribution in [-0.4, -0.2) is 21.7 Å². The summed E-state index contributed by atoms with van der Waals surface area (Å²) in [7, 11) is 0. The molecule has 0 aliphatic carbocycles. The third kappa shape index (κ3) is 3.08. The lowest BCUT2D eigenvalue weighted by atomic mass is 10.1. The van der Waals surface area contributed by atoms with Gasteiger partial charge in [-0.15, -0.1) is 0 Å². The van der Waals surface area contributed by atoms with Crippen LogP contribution in [0.1, 0.15) is 42.5 Å². The fraction of sp³-hybridized carbons (Fsp3) is 0.636. The van der Waals surface area contributed by atoms with Crippen LogP contribution >= 0.6 is 0 Å². The van der Waals surface area contributed by atoms with Gasteiger partial charge in [0.1, 0.15) is 6.54 Å². The van der Waals surface area contributed by atoms with Crippen LogP contribution in [0.4, 0.5) is 13.2 Å². The molecule has 0 saturated carbocycles. The van der Waals surface area contributed by atoms with Gasteiger partial charge in [0.05, 0.1) is 11.3 Å². The van der Waals surface area contributed by atoms with Gasteiger partial charge in [0.25, 0.3) is 0 Å². The van der Waals surface area contributed by atoms with E-state index >= 15 is 0 Å². The van der Waals surface area contributed by atoms with Gasteiger partial charge in [0, 0.05) is 5.69 Å². The van der Waals surface area contributed by atoms with Crippen LogP contribution in [0.5, 0.6) is 0 Å². The highest BCUT2D eigenvalue weighted by Crippen LogP contribution is 2.22. The number of ketones is 1. The Balaban J connectivity index is 3.27. The monoisotopic (exact) mass is 248 g/mol. The molecule has 17 heavy (non-hydrogen) atoms. The highest BCUT2D eigenvalue weighted by molar-refractivity contribution is 5.96. The first-order valence-electron chi connectivity index (χ1n) is 5.46. The Morgan fingerprint density at radius 1 is 1.29 bits per heavy atom. The molecular formula is C11H15F3N2O. The summed E-state index contributed by atoms with van der Waals surface area (Å²) >= 11 is 0. The van der Waals surface area contributed by atoms with Crippen LogP contribution in [-0.2, 0) is 19.4 Å². The third-order valence-corrected chi connectivity index (χ3v) is 2.48. The van der Waals surface area contributed by atoms with E-state index in [4.69, 9.17) is 0 Å². The number of carbonyl (C=O) groups excluding carboxylic acids is 1. The van der Waals surface area contributed by atoms with Gasteiger partial charge >= 0.3 is 6.18 Å². The number of hydrogen-bond donors (Lipinski definition) is 0. The van der Waals surface area contributed by atoms with Gasteiger partial charge in [0.2, 0.25) is 0 Å². The van der Waals surface area contributed by atoms with Gasteiger partial charge in [-0.3, -0.25) is 9.48 Å². The molecule has 0 bridgehead atoms. The maximum absolute atomic E-state index is 12.4. The summed E-state index contributed by atoms with van der Waals surface area (Å²) in [5.74, 6) is -0.230. The zero-order chi connectivity index (χ0) is 13.2. The van der Waals surface area contributed by atoms with E-state index in [0.717, 1.165) is 4.68 Å². The van der Waals surface area contributed by atoms with Gasteiger partial charge in [-0.25, -0.2) is 0 Å². The summed E-state index contributed by atoms with van der Waals surface area (Å²) < 4.78 is 38.0. The maximum Gasteiger partial charge on any atom is 0.408 e. The van der Waals surface area contributed by atoms with E-state index in [0.29, 0.717) is 29.8 Å². The number of carbonyl (C=O) groups is 1. The topological polar surface area (TPSA) is 34.9 Å². The van der Waals surface area contributed by atoms with Crippen molar-refractivity contribution in [2.75, 3.05) is 0 Å². The summed E-state index contributed by atoms with van der Waals surface area (Å²) in [6.07, 6.45) is -3.51. The molecule has 0 saturated heterocycles. The minimum Gasteiger partial charge on any atom is -0.294 e. The lowest BCUT2D eigenvalue weighted by molar-refractivity contribution is -0.143. The molecule has 3 nitrogen and oxygen atoms in total. The molecule has 0 atom stereocenters. The second kappa shape index (κ2) is 4.89. The molecule has 6 heteroatoms. The summed E-state index contributed by atoms with van der Waals surface area (Å²) in [4.78, 5) is 11.4. The molecule has 1 aromatic rings. The lowest BCUT2D eigenvalue weighted by Gasteiger charge is -2.09. The quantitative estimate of drug-likeness (QED) is 0.768. The van der Waals surface area contributed by atoms with Crippen molar-refractivity contribution in [1.29, 1.82) is 0 Å².